The standard InChI is InChI=1S/C18H26N2O2/c1-11-6-5-9-15(12(11)2)19-18(22)20-17-14-8-4-3-7-13(14)10-16(17)21/h3-4,7-8,11-12,15-17,21H,5-6,9-10H2,1-2H3,(H2,19,20,22)/t11-,12-,15+,16-,17-/m1/s1. The van der Waals surface area contributed by atoms with Gasteiger partial charge in [-0.05, 0) is 29.4 Å². The van der Waals surface area contributed by atoms with Crippen molar-refractivity contribution in [2.75, 3.05) is 0 Å². The van der Waals surface area contributed by atoms with Gasteiger partial charge in [0.25, 0.3) is 0 Å². The normalized spacial score (nSPS) is 34.0. The van der Waals surface area contributed by atoms with Crippen molar-refractivity contribution in [1.82, 2.24) is 10.6 Å². The van der Waals surface area contributed by atoms with E-state index in [1.54, 1.807) is 0 Å². The molecule has 3 N–H and O–H groups in total. The minimum Gasteiger partial charge on any atom is -0.390 e. The van der Waals surface area contributed by atoms with Gasteiger partial charge < -0.3 is 15.7 Å². The highest BCUT2D eigenvalue weighted by Crippen LogP contribution is 2.32. The van der Waals surface area contributed by atoms with E-state index in [0.717, 1.165) is 17.5 Å². The molecular formula is C18H26N2O2. The van der Waals surface area contributed by atoms with Crippen molar-refractivity contribution in [2.24, 2.45) is 11.8 Å². The number of benzene rings is 1. The summed E-state index contributed by atoms with van der Waals surface area (Å²) in [6.45, 7) is 4.47. The third kappa shape index (κ3) is 2.98. The van der Waals surface area contributed by atoms with Crippen molar-refractivity contribution in [1.29, 1.82) is 0 Å². The second kappa shape index (κ2) is 6.29. The molecule has 4 nitrogen and oxygen atoms in total. The summed E-state index contributed by atoms with van der Waals surface area (Å²) < 4.78 is 0. The Hall–Kier alpha value is -1.55. The van der Waals surface area contributed by atoms with E-state index in [1.165, 1.54) is 12.8 Å². The lowest BCUT2D eigenvalue weighted by Crippen LogP contribution is -2.49. The summed E-state index contributed by atoms with van der Waals surface area (Å²) in [7, 11) is 0. The Morgan fingerprint density at radius 1 is 1.18 bits per heavy atom. The van der Waals surface area contributed by atoms with Crippen LogP contribution in [0.1, 0.15) is 50.3 Å². The van der Waals surface area contributed by atoms with Gasteiger partial charge in [-0.1, -0.05) is 51.0 Å². The number of hydrogen-bond acceptors (Lipinski definition) is 2. The Morgan fingerprint density at radius 3 is 2.77 bits per heavy atom. The molecule has 120 valence electrons. The first-order valence-corrected chi connectivity index (χ1v) is 8.39. The van der Waals surface area contributed by atoms with Crippen LogP contribution in [0, 0.1) is 11.8 Å². The molecule has 1 saturated carbocycles. The number of urea groups is 1. The van der Waals surface area contributed by atoms with Gasteiger partial charge in [0.05, 0.1) is 12.1 Å². The van der Waals surface area contributed by atoms with E-state index < -0.39 is 6.10 Å². The summed E-state index contributed by atoms with van der Waals surface area (Å²) in [5.41, 5.74) is 2.16. The van der Waals surface area contributed by atoms with Gasteiger partial charge in [0.15, 0.2) is 0 Å². The summed E-state index contributed by atoms with van der Waals surface area (Å²) in [5.74, 6) is 1.15. The molecule has 0 spiro atoms. The van der Waals surface area contributed by atoms with Gasteiger partial charge in [-0.3, -0.25) is 0 Å². The molecule has 0 aromatic heterocycles. The van der Waals surface area contributed by atoms with Crippen molar-refractivity contribution in [3.8, 4) is 0 Å². The summed E-state index contributed by atoms with van der Waals surface area (Å²) in [6.07, 6.45) is 3.53. The van der Waals surface area contributed by atoms with Gasteiger partial charge in [0.2, 0.25) is 0 Å². The topological polar surface area (TPSA) is 61.4 Å². The van der Waals surface area contributed by atoms with Gasteiger partial charge >= 0.3 is 6.03 Å². The van der Waals surface area contributed by atoms with E-state index in [4.69, 9.17) is 0 Å². The second-order valence-electron chi connectivity index (χ2n) is 6.94. The molecule has 2 aliphatic rings. The van der Waals surface area contributed by atoms with Crippen LogP contribution in [-0.2, 0) is 6.42 Å². The van der Waals surface area contributed by atoms with Crippen LogP contribution in [0.3, 0.4) is 0 Å². The highest BCUT2D eigenvalue weighted by molar-refractivity contribution is 5.75. The molecule has 0 aliphatic heterocycles. The third-order valence-electron chi connectivity index (χ3n) is 5.51. The molecule has 5 atom stereocenters. The highest BCUT2D eigenvalue weighted by atomic mass is 16.3. The van der Waals surface area contributed by atoms with Crippen molar-refractivity contribution >= 4 is 6.03 Å². The lowest BCUT2D eigenvalue weighted by atomic mass is 9.78. The zero-order chi connectivity index (χ0) is 15.7. The number of rotatable bonds is 2. The first kappa shape index (κ1) is 15.3. The third-order valence-corrected chi connectivity index (χ3v) is 5.51. The van der Waals surface area contributed by atoms with E-state index in [9.17, 15) is 9.90 Å². The van der Waals surface area contributed by atoms with Gasteiger partial charge in [0, 0.05) is 12.5 Å². The number of aliphatic hydroxyl groups excluding tert-OH is 1. The van der Waals surface area contributed by atoms with Crippen LogP contribution in [0.4, 0.5) is 4.79 Å². The fourth-order valence-electron chi connectivity index (χ4n) is 3.88. The number of aliphatic hydroxyl groups is 1. The summed E-state index contributed by atoms with van der Waals surface area (Å²) in [4.78, 5) is 12.3. The van der Waals surface area contributed by atoms with E-state index >= 15 is 0 Å². The SMILES string of the molecule is C[C@@H]1[C@H](C)CCC[C@@H]1NC(=O)N[C@@H]1c2ccccc2C[C@H]1O. The maximum Gasteiger partial charge on any atom is 0.315 e. The van der Waals surface area contributed by atoms with Gasteiger partial charge in [-0.2, -0.15) is 0 Å². The molecule has 1 fully saturated rings. The first-order chi connectivity index (χ1) is 10.6. The maximum absolute atomic E-state index is 12.3. The Labute approximate surface area is 132 Å². The van der Waals surface area contributed by atoms with Crippen LogP contribution in [-0.4, -0.2) is 23.3 Å². The largest absolute Gasteiger partial charge is 0.390 e. The summed E-state index contributed by atoms with van der Waals surface area (Å²) in [5, 5.41) is 16.3. The van der Waals surface area contributed by atoms with Crippen LogP contribution < -0.4 is 10.6 Å². The Morgan fingerprint density at radius 2 is 1.95 bits per heavy atom. The predicted molar refractivity (Wildman–Crippen MR) is 86.5 cm³/mol. The van der Waals surface area contributed by atoms with Crippen LogP contribution >= 0.6 is 0 Å². The van der Waals surface area contributed by atoms with Crippen LogP contribution in [0.2, 0.25) is 0 Å². The van der Waals surface area contributed by atoms with E-state index in [1.807, 2.05) is 24.3 Å². The molecule has 0 saturated heterocycles. The van der Waals surface area contributed by atoms with Crippen molar-refractivity contribution in [3.05, 3.63) is 35.4 Å². The van der Waals surface area contributed by atoms with E-state index in [2.05, 4.69) is 24.5 Å². The molecule has 22 heavy (non-hydrogen) atoms. The monoisotopic (exact) mass is 302 g/mol. The maximum atomic E-state index is 12.3. The average Bonchev–Trinajstić information content (AvgIpc) is 2.80. The average molecular weight is 302 g/mol. The van der Waals surface area contributed by atoms with Crippen LogP contribution in [0.5, 0.6) is 0 Å². The van der Waals surface area contributed by atoms with Crippen molar-refractivity contribution in [3.63, 3.8) is 0 Å². The highest BCUT2D eigenvalue weighted by Gasteiger charge is 2.33. The lowest BCUT2D eigenvalue weighted by molar-refractivity contribution is 0.139. The minimum absolute atomic E-state index is 0.160. The molecule has 1 aromatic rings. The van der Waals surface area contributed by atoms with E-state index in [-0.39, 0.29) is 18.1 Å². The van der Waals surface area contributed by atoms with Crippen LogP contribution in [0.25, 0.3) is 0 Å². The molecule has 3 rings (SSSR count). The number of carbonyl (C=O) groups is 1. The number of nitrogens with one attached hydrogen (secondary N) is 2. The van der Waals surface area contributed by atoms with Crippen LogP contribution in [0.15, 0.2) is 24.3 Å². The molecule has 0 radical (unpaired) electrons. The Kier molecular flexibility index (Phi) is 4.39. The fourth-order valence-corrected chi connectivity index (χ4v) is 3.88. The second-order valence-corrected chi connectivity index (χ2v) is 6.94. The quantitative estimate of drug-likeness (QED) is 0.786. The Bertz CT molecular complexity index is 546. The van der Waals surface area contributed by atoms with Crippen molar-refractivity contribution in [2.45, 2.75) is 57.7 Å². The molecule has 0 unspecified atom stereocenters. The minimum atomic E-state index is -0.536. The summed E-state index contributed by atoms with van der Waals surface area (Å²) in [6, 6.07) is 7.70. The fraction of sp³-hybridized carbons (Fsp3) is 0.611. The van der Waals surface area contributed by atoms with Gasteiger partial charge in [0.1, 0.15) is 0 Å². The van der Waals surface area contributed by atoms with Gasteiger partial charge in [-0.15, -0.1) is 0 Å². The van der Waals surface area contributed by atoms with Crippen molar-refractivity contribution < 1.29 is 9.90 Å². The molecular weight excluding hydrogens is 276 g/mol. The Balaban J connectivity index is 1.62. The molecule has 2 aliphatic carbocycles. The molecule has 0 heterocycles. The van der Waals surface area contributed by atoms with Gasteiger partial charge in [-0.25, -0.2) is 4.79 Å². The summed E-state index contributed by atoms with van der Waals surface area (Å²) >= 11 is 0. The molecule has 2 amide bonds. The lowest BCUT2D eigenvalue weighted by Gasteiger charge is -2.35. The number of carbonyl (C=O) groups excluding carboxylic acids is 1. The molecule has 0 bridgehead atoms. The predicted octanol–water partition coefficient (Wildman–Crippen LogP) is 2.77. The number of fused-ring (bicyclic) bond motifs is 1. The van der Waals surface area contributed by atoms with E-state index in [0.29, 0.717) is 18.3 Å². The molecule has 4 heteroatoms. The smallest absolute Gasteiger partial charge is 0.315 e. The zero-order valence-corrected chi connectivity index (χ0v) is 13.4. The first-order valence-electron chi connectivity index (χ1n) is 8.39. The zero-order valence-electron chi connectivity index (χ0n) is 13.4. The number of amides is 2. The number of hydrogen-bond donors (Lipinski definition) is 3. The molecule has 1 aromatic carbocycles.